The SMILES string of the molecule is CCCCN1CC[N+](=c2ccc3c(-c4cc(C(=O)CCC5CCC(C(=O)NCCOCCOCCCCCCCl)CC5)ccc4C(=O)O)c4ccc(N5CCN(CCCCS(=O)(=O)O)CC5)cc4oc-3c2)CC1. The molecule has 2 aromatic carbocycles. The Bertz CT molecular complexity index is 2580. The van der Waals surface area contributed by atoms with Crippen molar-refractivity contribution >= 4 is 56.0 Å². The molecule has 17 heteroatoms. The smallest absolute Gasteiger partial charge is 0.336 e. The predicted molar refractivity (Wildman–Crippen MR) is 289 cm³/mol. The van der Waals surface area contributed by atoms with E-state index in [1.165, 1.54) is 12.8 Å². The Labute approximate surface area is 437 Å². The quantitative estimate of drug-likeness (QED) is 0.0124. The minimum atomic E-state index is -3.97. The lowest BCUT2D eigenvalue weighted by atomic mass is 9.79. The van der Waals surface area contributed by atoms with Gasteiger partial charge in [0, 0.05) is 97.4 Å². The van der Waals surface area contributed by atoms with Gasteiger partial charge in [-0.05, 0) is 119 Å². The van der Waals surface area contributed by atoms with Crippen molar-refractivity contribution in [3.63, 3.8) is 0 Å². The largest absolute Gasteiger partial charge is 0.478 e. The molecule has 73 heavy (non-hydrogen) atoms. The second-order valence-electron chi connectivity index (χ2n) is 20.2. The van der Waals surface area contributed by atoms with E-state index in [1.807, 2.05) is 18.2 Å². The van der Waals surface area contributed by atoms with Crippen LogP contribution in [0.4, 0.5) is 5.69 Å². The van der Waals surface area contributed by atoms with Crippen molar-refractivity contribution in [2.45, 2.75) is 96.8 Å². The number of hydrogen-bond donors (Lipinski definition) is 3. The molecule has 3 fully saturated rings. The van der Waals surface area contributed by atoms with Crippen LogP contribution in [-0.2, 0) is 24.4 Å². The van der Waals surface area contributed by atoms with Crippen LogP contribution in [-0.4, -0.2) is 156 Å². The summed E-state index contributed by atoms with van der Waals surface area (Å²) in [6.07, 6.45) is 12.1. The summed E-state index contributed by atoms with van der Waals surface area (Å²) in [4.78, 5) is 47.3. The Morgan fingerprint density at radius 1 is 0.781 bits per heavy atom. The lowest BCUT2D eigenvalue weighted by Crippen LogP contribution is -2.48. The molecule has 3 N–H and O–H groups in total. The molecule has 2 saturated heterocycles. The molecule has 7 rings (SSSR count). The summed E-state index contributed by atoms with van der Waals surface area (Å²) in [7, 11) is -3.97. The minimum absolute atomic E-state index is 0.0415. The van der Waals surface area contributed by atoms with Gasteiger partial charge in [-0.15, -0.1) is 11.6 Å². The number of carbonyl (C=O) groups is 3. The number of halogens is 1. The van der Waals surface area contributed by atoms with Crippen LogP contribution < -0.4 is 20.1 Å². The maximum Gasteiger partial charge on any atom is 0.336 e. The first-order valence-electron chi connectivity index (χ1n) is 27.0. The zero-order valence-corrected chi connectivity index (χ0v) is 44.6. The third kappa shape index (κ3) is 16.8. The van der Waals surface area contributed by atoms with Crippen LogP contribution in [0.25, 0.3) is 33.4 Å². The molecule has 2 aromatic rings. The molecule has 15 nitrogen and oxygen atoms in total. The van der Waals surface area contributed by atoms with Gasteiger partial charge < -0.3 is 29.2 Å². The maximum atomic E-state index is 14.1. The van der Waals surface area contributed by atoms with E-state index in [0.29, 0.717) is 91.9 Å². The van der Waals surface area contributed by atoms with Gasteiger partial charge >= 0.3 is 5.97 Å². The van der Waals surface area contributed by atoms with E-state index >= 15 is 0 Å². The highest BCUT2D eigenvalue weighted by Crippen LogP contribution is 2.43. The van der Waals surface area contributed by atoms with Crippen molar-refractivity contribution in [3.8, 4) is 22.5 Å². The van der Waals surface area contributed by atoms with Crippen LogP contribution in [0.1, 0.15) is 118 Å². The molecule has 0 radical (unpaired) electrons. The zero-order valence-electron chi connectivity index (χ0n) is 43.0. The number of rotatable bonds is 28. The Morgan fingerprint density at radius 3 is 2.23 bits per heavy atom. The molecule has 0 unspecified atom stereocenters. The molecule has 0 spiro atoms. The number of aromatic carboxylic acids is 1. The van der Waals surface area contributed by atoms with E-state index in [4.69, 9.17) is 30.0 Å². The second kappa shape index (κ2) is 28.5. The van der Waals surface area contributed by atoms with E-state index in [1.54, 1.807) is 18.2 Å². The van der Waals surface area contributed by atoms with Crippen LogP contribution in [0, 0.1) is 11.8 Å². The summed E-state index contributed by atoms with van der Waals surface area (Å²) in [6.45, 7) is 13.6. The predicted octanol–water partition coefficient (Wildman–Crippen LogP) is 8.30. The number of piperazine rings is 2. The lowest BCUT2D eigenvalue weighted by Gasteiger charge is -2.36. The van der Waals surface area contributed by atoms with E-state index in [0.717, 1.165) is 145 Å². The number of hydrogen-bond acceptors (Lipinski definition) is 11. The van der Waals surface area contributed by atoms with E-state index in [2.05, 4.69) is 49.7 Å². The third-order valence-electron chi connectivity index (χ3n) is 15.0. The first-order chi connectivity index (χ1) is 35.4. The van der Waals surface area contributed by atoms with Crippen LogP contribution in [0.5, 0.6) is 0 Å². The summed E-state index contributed by atoms with van der Waals surface area (Å²) < 4.78 is 52.0. The number of unbranched alkanes of at least 4 members (excludes halogenated alkanes) is 5. The third-order valence-corrected chi connectivity index (χ3v) is 16.1. The molecule has 2 aliphatic carbocycles. The number of nitrogens with zero attached hydrogens (tertiary/aromatic N) is 4. The van der Waals surface area contributed by atoms with E-state index in [9.17, 15) is 27.9 Å². The number of fused-ring (bicyclic) bond motifs is 2. The van der Waals surface area contributed by atoms with Crippen molar-refractivity contribution in [3.05, 3.63) is 71.1 Å². The van der Waals surface area contributed by atoms with Crippen molar-refractivity contribution < 1.29 is 46.4 Å². The summed E-state index contributed by atoms with van der Waals surface area (Å²) in [5.41, 5.74) is 4.09. The fourth-order valence-electron chi connectivity index (χ4n) is 10.7. The number of nitrogens with one attached hydrogen (secondary N) is 1. The Hall–Kier alpha value is -4.42. The fourth-order valence-corrected chi connectivity index (χ4v) is 11.4. The van der Waals surface area contributed by atoms with Gasteiger partial charge in [0.1, 0.15) is 11.3 Å². The van der Waals surface area contributed by atoms with Gasteiger partial charge in [0.05, 0.1) is 50.3 Å². The van der Waals surface area contributed by atoms with Gasteiger partial charge in [-0.3, -0.25) is 23.9 Å². The van der Waals surface area contributed by atoms with Gasteiger partial charge in [0.25, 0.3) is 10.1 Å². The van der Waals surface area contributed by atoms with Crippen molar-refractivity contribution in [2.75, 3.05) is 115 Å². The highest BCUT2D eigenvalue weighted by atomic mass is 35.5. The van der Waals surface area contributed by atoms with Gasteiger partial charge in [-0.2, -0.15) is 8.42 Å². The molecule has 1 saturated carbocycles. The van der Waals surface area contributed by atoms with Crippen LogP contribution in [0.3, 0.4) is 0 Å². The Kier molecular flexibility index (Phi) is 22.0. The molecule has 0 aromatic heterocycles. The molecule has 5 aliphatic rings. The van der Waals surface area contributed by atoms with Crippen molar-refractivity contribution in [1.29, 1.82) is 0 Å². The summed E-state index contributed by atoms with van der Waals surface area (Å²) >= 11 is 5.73. The van der Waals surface area contributed by atoms with Gasteiger partial charge in [0.15, 0.2) is 18.9 Å². The number of carboxylic acid groups (broad SMARTS) is 1. The second-order valence-corrected chi connectivity index (χ2v) is 22.2. The molecule has 1 amide bonds. The average Bonchev–Trinajstić information content (AvgIpc) is 3.40. The molecule has 3 aliphatic heterocycles. The minimum Gasteiger partial charge on any atom is -0.478 e. The van der Waals surface area contributed by atoms with Crippen LogP contribution >= 0.6 is 11.6 Å². The van der Waals surface area contributed by atoms with E-state index < -0.39 is 16.1 Å². The highest BCUT2D eigenvalue weighted by molar-refractivity contribution is 7.85. The first-order valence-corrected chi connectivity index (χ1v) is 29.2. The lowest BCUT2D eigenvalue weighted by molar-refractivity contribution is -0.126. The number of alkyl halides is 1. The normalized spacial score (nSPS) is 18.2. The number of ether oxygens (including phenoxy) is 2. The molecular formula is C56H79ClN5O10S+. The number of ketones is 1. The summed E-state index contributed by atoms with van der Waals surface area (Å²) in [5, 5.41) is 15.5. The molecule has 0 bridgehead atoms. The summed E-state index contributed by atoms with van der Waals surface area (Å²) in [5.74, 6) is 0.314. The number of anilines is 1. The van der Waals surface area contributed by atoms with Gasteiger partial charge in [-0.25, -0.2) is 9.37 Å². The zero-order chi connectivity index (χ0) is 51.6. The fraction of sp³-hybridized carbons (Fsp3) is 0.607. The van der Waals surface area contributed by atoms with Gasteiger partial charge in [-0.1, -0.05) is 32.3 Å². The average molecular weight is 1050 g/mol. The number of carboxylic acids is 1. The standard InChI is InChI=1S/C56H78ClN5O10S/c1-2-3-24-59-26-30-61(31-27-59)45-16-19-48-52(40-45)72-53-41-46(62-32-28-60(29-33-62)25-7-9-38-73(67,68)69)17-20-49(53)54(48)50-39-44(15-18-47(50)56(65)66)51(63)21-12-42-10-13-43(14-11-42)55(64)58-23-35-71-37-36-70-34-8-5-4-6-22-57/h15-20,39-43H,2-14,21-38H2,1H3,(H2-,58,64,65,66,67,68,69)/p+1. The van der Waals surface area contributed by atoms with Crippen LogP contribution in [0.15, 0.2) is 59.0 Å². The number of benzene rings is 3. The molecule has 400 valence electrons. The number of Topliss-reactive ketones (excluding diaryl/α,β-unsaturated/α-hetero) is 1. The summed E-state index contributed by atoms with van der Waals surface area (Å²) in [6, 6.07) is 17.3. The molecule has 3 heterocycles. The number of amides is 1. The van der Waals surface area contributed by atoms with Gasteiger partial charge in [0.2, 0.25) is 11.3 Å². The maximum absolute atomic E-state index is 14.1. The first kappa shape index (κ1) is 56.3. The number of carbonyl (C=O) groups excluding carboxylic acids is 2. The topological polar surface area (TPSA) is 182 Å². The molecular weight excluding hydrogens is 970 g/mol. The highest BCUT2D eigenvalue weighted by Gasteiger charge is 2.29. The Morgan fingerprint density at radius 2 is 1.51 bits per heavy atom. The van der Waals surface area contributed by atoms with Crippen LogP contribution in [0.2, 0.25) is 0 Å². The van der Waals surface area contributed by atoms with E-state index in [-0.39, 0.29) is 28.9 Å². The van der Waals surface area contributed by atoms with Crippen molar-refractivity contribution in [1.82, 2.24) is 19.7 Å². The Balaban J connectivity index is 1.03. The monoisotopic (exact) mass is 1050 g/mol. The van der Waals surface area contributed by atoms with Crippen molar-refractivity contribution in [2.24, 2.45) is 11.8 Å². The molecule has 0 atom stereocenters.